The van der Waals surface area contributed by atoms with Gasteiger partial charge in [0.2, 0.25) is 0 Å². The van der Waals surface area contributed by atoms with Crippen LogP contribution in [0.2, 0.25) is 0 Å². The van der Waals surface area contributed by atoms with Crippen LogP contribution in [0.5, 0.6) is 11.5 Å². The van der Waals surface area contributed by atoms with Crippen molar-refractivity contribution in [3.05, 3.63) is 18.2 Å². The molecule has 0 fully saturated rings. The van der Waals surface area contributed by atoms with Crippen LogP contribution in [0.4, 0.5) is 5.69 Å². The van der Waals surface area contributed by atoms with Gasteiger partial charge in [-0.1, -0.05) is 0 Å². The van der Waals surface area contributed by atoms with Crippen LogP contribution in [0.15, 0.2) is 18.2 Å². The molecule has 1 rings (SSSR count). The van der Waals surface area contributed by atoms with Gasteiger partial charge in [-0.3, -0.25) is 0 Å². The van der Waals surface area contributed by atoms with Crippen LogP contribution >= 0.6 is 0 Å². The third-order valence-electron chi connectivity index (χ3n) is 1.87. The third-order valence-corrected chi connectivity index (χ3v) is 1.87. The van der Waals surface area contributed by atoms with Crippen LogP contribution in [-0.4, -0.2) is 28.3 Å². The molecule has 3 nitrogen and oxygen atoms in total. The third kappa shape index (κ3) is 2.05. The summed E-state index contributed by atoms with van der Waals surface area (Å²) in [4.78, 5) is 1.99. The zero-order valence-corrected chi connectivity index (χ0v) is 8.50. The molecular weight excluding hydrogens is 166 g/mol. The Kier molecular flexibility index (Phi) is 3.01. The molecule has 1 aromatic carbocycles. The molecule has 0 bridgehead atoms. The Bertz CT molecular complexity index is 284. The predicted octanol–water partition coefficient (Wildman–Crippen LogP) is 1.77. The summed E-state index contributed by atoms with van der Waals surface area (Å²) in [6.45, 7) is 0. The molecule has 0 heterocycles. The Morgan fingerprint density at radius 1 is 1.08 bits per heavy atom. The van der Waals surface area contributed by atoms with E-state index < -0.39 is 0 Å². The zero-order chi connectivity index (χ0) is 9.84. The van der Waals surface area contributed by atoms with Crippen molar-refractivity contribution in [1.82, 2.24) is 0 Å². The fourth-order valence-corrected chi connectivity index (χ4v) is 1.15. The Balaban J connectivity index is 3.10. The van der Waals surface area contributed by atoms with Crippen LogP contribution in [0.3, 0.4) is 0 Å². The number of benzene rings is 1. The number of nitrogens with zero attached hydrogens (tertiary/aromatic N) is 1. The molecule has 0 aliphatic rings. The number of hydrogen-bond donors (Lipinski definition) is 0. The van der Waals surface area contributed by atoms with Gasteiger partial charge in [-0.05, 0) is 12.1 Å². The molecule has 0 saturated carbocycles. The maximum absolute atomic E-state index is 5.21. The van der Waals surface area contributed by atoms with Gasteiger partial charge in [-0.25, -0.2) is 0 Å². The smallest absolute Gasteiger partial charge is 0.142 e. The number of anilines is 1. The largest absolute Gasteiger partial charge is 0.497 e. The van der Waals surface area contributed by atoms with Gasteiger partial charge < -0.3 is 14.4 Å². The van der Waals surface area contributed by atoms with Crippen molar-refractivity contribution in [3.63, 3.8) is 0 Å². The lowest BCUT2D eigenvalue weighted by Gasteiger charge is -2.17. The molecule has 3 heteroatoms. The molecule has 0 N–H and O–H groups in total. The van der Waals surface area contributed by atoms with Crippen molar-refractivity contribution >= 4 is 5.69 Å². The summed E-state index contributed by atoms with van der Waals surface area (Å²) < 4.78 is 10.3. The standard InChI is InChI=1S/C10H15NO2/c1-11(2)9-7-8(12-3)5-6-10(9)13-4/h5-7H,1-4H3. The van der Waals surface area contributed by atoms with Gasteiger partial charge in [-0.15, -0.1) is 0 Å². The van der Waals surface area contributed by atoms with Crippen LogP contribution in [0.25, 0.3) is 0 Å². The zero-order valence-electron chi connectivity index (χ0n) is 8.50. The quantitative estimate of drug-likeness (QED) is 0.709. The molecule has 0 aromatic heterocycles. The van der Waals surface area contributed by atoms with E-state index in [1.165, 1.54) is 0 Å². The van der Waals surface area contributed by atoms with Crippen LogP contribution < -0.4 is 14.4 Å². The van der Waals surface area contributed by atoms with Gasteiger partial charge in [0, 0.05) is 20.2 Å². The highest BCUT2D eigenvalue weighted by Crippen LogP contribution is 2.30. The number of hydrogen-bond acceptors (Lipinski definition) is 3. The average molecular weight is 181 g/mol. The lowest BCUT2D eigenvalue weighted by molar-refractivity contribution is 0.403. The fourth-order valence-electron chi connectivity index (χ4n) is 1.15. The Hall–Kier alpha value is -1.38. The number of methoxy groups -OCH3 is 2. The molecule has 13 heavy (non-hydrogen) atoms. The molecule has 0 aliphatic carbocycles. The van der Waals surface area contributed by atoms with Gasteiger partial charge in [0.05, 0.1) is 19.9 Å². The van der Waals surface area contributed by atoms with E-state index >= 15 is 0 Å². The molecule has 0 amide bonds. The lowest BCUT2D eigenvalue weighted by atomic mass is 10.2. The van der Waals surface area contributed by atoms with E-state index in [0.717, 1.165) is 17.2 Å². The summed E-state index contributed by atoms with van der Waals surface area (Å²) in [5.74, 6) is 1.69. The van der Waals surface area contributed by atoms with E-state index in [-0.39, 0.29) is 0 Å². The minimum Gasteiger partial charge on any atom is -0.497 e. The summed E-state index contributed by atoms with van der Waals surface area (Å²) >= 11 is 0. The number of ether oxygens (including phenoxy) is 2. The highest BCUT2D eigenvalue weighted by atomic mass is 16.5. The molecule has 0 saturated heterocycles. The van der Waals surface area contributed by atoms with Crippen molar-refractivity contribution in [3.8, 4) is 11.5 Å². The van der Waals surface area contributed by atoms with Gasteiger partial charge in [0.15, 0.2) is 0 Å². The van der Waals surface area contributed by atoms with E-state index in [1.54, 1.807) is 14.2 Å². The van der Waals surface area contributed by atoms with Crippen molar-refractivity contribution in [1.29, 1.82) is 0 Å². The lowest BCUT2D eigenvalue weighted by Crippen LogP contribution is -2.10. The van der Waals surface area contributed by atoms with E-state index in [0.29, 0.717) is 0 Å². The van der Waals surface area contributed by atoms with Gasteiger partial charge in [-0.2, -0.15) is 0 Å². The maximum Gasteiger partial charge on any atom is 0.142 e. The molecule has 0 spiro atoms. The van der Waals surface area contributed by atoms with E-state index in [9.17, 15) is 0 Å². The first-order valence-corrected chi connectivity index (χ1v) is 4.08. The van der Waals surface area contributed by atoms with Crippen molar-refractivity contribution < 1.29 is 9.47 Å². The van der Waals surface area contributed by atoms with Crippen LogP contribution in [0, 0.1) is 0 Å². The molecule has 0 atom stereocenters. The molecular formula is C10H15NO2. The molecule has 72 valence electrons. The second-order valence-corrected chi connectivity index (χ2v) is 2.93. The topological polar surface area (TPSA) is 21.7 Å². The molecule has 0 unspecified atom stereocenters. The van der Waals surface area contributed by atoms with Gasteiger partial charge >= 0.3 is 0 Å². The number of rotatable bonds is 3. The Labute approximate surface area is 78.9 Å². The van der Waals surface area contributed by atoms with Gasteiger partial charge in [0.25, 0.3) is 0 Å². The normalized spacial score (nSPS) is 9.54. The summed E-state index contributed by atoms with van der Waals surface area (Å²) in [5, 5.41) is 0. The minimum absolute atomic E-state index is 0.838. The fraction of sp³-hybridized carbons (Fsp3) is 0.400. The average Bonchev–Trinajstić information content (AvgIpc) is 2.16. The van der Waals surface area contributed by atoms with Crippen molar-refractivity contribution in [2.75, 3.05) is 33.2 Å². The second-order valence-electron chi connectivity index (χ2n) is 2.93. The van der Waals surface area contributed by atoms with Crippen LogP contribution in [-0.2, 0) is 0 Å². The SMILES string of the molecule is COc1ccc(OC)c(N(C)C)c1. The van der Waals surface area contributed by atoms with E-state index in [1.807, 2.05) is 37.2 Å². The second kappa shape index (κ2) is 4.03. The first-order valence-electron chi connectivity index (χ1n) is 4.08. The molecule has 0 radical (unpaired) electrons. The summed E-state index contributed by atoms with van der Waals surface area (Å²) in [7, 11) is 7.25. The Morgan fingerprint density at radius 2 is 1.77 bits per heavy atom. The summed E-state index contributed by atoms with van der Waals surface area (Å²) in [6, 6.07) is 5.72. The van der Waals surface area contributed by atoms with Crippen molar-refractivity contribution in [2.45, 2.75) is 0 Å². The summed E-state index contributed by atoms with van der Waals surface area (Å²) in [5.41, 5.74) is 1.02. The first kappa shape index (κ1) is 9.71. The highest BCUT2D eigenvalue weighted by molar-refractivity contribution is 5.60. The highest BCUT2D eigenvalue weighted by Gasteiger charge is 2.05. The Morgan fingerprint density at radius 3 is 2.23 bits per heavy atom. The maximum atomic E-state index is 5.21. The predicted molar refractivity (Wildman–Crippen MR) is 53.9 cm³/mol. The van der Waals surface area contributed by atoms with E-state index in [4.69, 9.17) is 9.47 Å². The minimum atomic E-state index is 0.838. The molecule has 1 aromatic rings. The van der Waals surface area contributed by atoms with Crippen molar-refractivity contribution in [2.24, 2.45) is 0 Å². The van der Waals surface area contributed by atoms with Crippen LogP contribution in [0.1, 0.15) is 0 Å². The van der Waals surface area contributed by atoms with E-state index in [2.05, 4.69) is 0 Å². The van der Waals surface area contributed by atoms with Gasteiger partial charge in [0.1, 0.15) is 11.5 Å². The summed E-state index contributed by atoms with van der Waals surface area (Å²) in [6.07, 6.45) is 0. The monoisotopic (exact) mass is 181 g/mol. The first-order chi connectivity index (χ1) is 6.19. The molecule has 0 aliphatic heterocycles.